The highest BCUT2D eigenvalue weighted by molar-refractivity contribution is 7.14. The van der Waals surface area contributed by atoms with Crippen molar-refractivity contribution in [3.05, 3.63) is 47.6 Å². The van der Waals surface area contributed by atoms with E-state index in [9.17, 15) is 4.79 Å². The number of nitrogens with zero attached hydrogens (tertiary/aromatic N) is 5. The molecule has 0 aliphatic carbocycles. The van der Waals surface area contributed by atoms with Crippen molar-refractivity contribution < 1.29 is 9.53 Å². The minimum atomic E-state index is -0.405. The highest BCUT2D eigenvalue weighted by Gasteiger charge is 2.16. The normalized spacial score (nSPS) is 10.7. The van der Waals surface area contributed by atoms with E-state index < -0.39 is 5.91 Å². The molecule has 3 heterocycles. The molecule has 0 saturated heterocycles. The van der Waals surface area contributed by atoms with Crippen molar-refractivity contribution in [1.82, 2.24) is 30.6 Å². The second-order valence-corrected chi connectivity index (χ2v) is 8.14. The quantitative estimate of drug-likeness (QED) is 0.297. The highest BCUT2D eigenvalue weighted by Crippen LogP contribution is 2.31. The number of carbonyl (C=O) groups is 1. The number of thiophene rings is 1. The van der Waals surface area contributed by atoms with Crippen molar-refractivity contribution >= 4 is 28.9 Å². The number of methoxy groups -OCH3 is 1. The maximum absolute atomic E-state index is 12.5. The monoisotopic (exact) mass is 464 g/mol. The maximum atomic E-state index is 12.5. The number of tetrazole rings is 1. The number of aromatic amines is 1. The Bertz CT molecular complexity index is 1210. The molecule has 0 radical (unpaired) electrons. The minimum Gasteiger partial charge on any atom is -0.496 e. The summed E-state index contributed by atoms with van der Waals surface area (Å²) in [5.74, 6) is 0.0763. The molecule has 0 atom stereocenters. The molecular weight excluding hydrogens is 440 g/mol. The lowest BCUT2D eigenvalue weighted by Gasteiger charge is -2.10. The molecule has 10 nitrogen and oxygen atoms in total. The number of ether oxygens (including phenoxy) is 1. The lowest BCUT2D eigenvalue weighted by molar-refractivity contribution is 0.102. The Kier molecular flexibility index (Phi) is 7.20. The number of anilines is 2. The van der Waals surface area contributed by atoms with Gasteiger partial charge in [0.15, 0.2) is 0 Å². The molecule has 0 aliphatic heterocycles. The van der Waals surface area contributed by atoms with Gasteiger partial charge in [-0.15, -0.1) is 16.4 Å². The molecule has 0 saturated carbocycles. The van der Waals surface area contributed by atoms with Crippen LogP contribution >= 0.6 is 11.3 Å². The van der Waals surface area contributed by atoms with Gasteiger partial charge in [-0.3, -0.25) is 15.1 Å². The Hall–Kier alpha value is -3.86. The molecule has 33 heavy (non-hydrogen) atoms. The number of hydrogen-bond acceptors (Lipinski definition) is 9. The van der Waals surface area contributed by atoms with Crippen LogP contribution in [0.5, 0.6) is 5.75 Å². The number of H-pyrrole nitrogens is 1. The van der Waals surface area contributed by atoms with E-state index in [4.69, 9.17) is 9.72 Å². The third-order valence-corrected chi connectivity index (χ3v) is 5.86. The fourth-order valence-electron chi connectivity index (χ4n) is 3.22. The first-order chi connectivity index (χ1) is 16.2. The Morgan fingerprint density at radius 1 is 1.18 bits per heavy atom. The smallest absolute Gasteiger partial charge is 0.270 e. The first kappa shape index (κ1) is 22.3. The van der Waals surface area contributed by atoms with Crippen LogP contribution in [0, 0.1) is 0 Å². The molecule has 0 spiro atoms. The zero-order valence-corrected chi connectivity index (χ0v) is 19.1. The summed E-state index contributed by atoms with van der Waals surface area (Å²) in [5, 5.41) is 21.3. The first-order valence-electron chi connectivity index (χ1n) is 10.6. The second kappa shape index (κ2) is 10.6. The van der Waals surface area contributed by atoms with Gasteiger partial charge < -0.3 is 10.1 Å². The van der Waals surface area contributed by atoms with E-state index in [1.807, 2.05) is 0 Å². The first-order valence-corrected chi connectivity index (χ1v) is 11.4. The number of unbranched alkanes of at least 4 members (excludes halogenated alkanes) is 2. The summed E-state index contributed by atoms with van der Waals surface area (Å²) < 4.78 is 5.44. The highest BCUT2D eigenvalue weighted by atomic mass is 32.1. The zero-order valence-electron chi connectivity index (χ0n) is 18.3. The fourth-order valence-corrected chi connectivity index (χ4v) is 4.04. The molecule has 0 aliphatic rings. The third-order valence-electron chi connectivity index (χ3n) is 4.91. The molecule has 0 fully saturated rings. The predicted octanol–water partition coefficient (Wildman–Crippen LogP) is 4.25. The van der Waals surface area contributed by atoms with Crippen LogP contribution in [0.15, 0.2) is 42.0 Å². The summed E-state index contributed by atoms with van der Waals surface area (Å²) in [6, 6.07) is 7.32. The number of aromatic nitrogens is 6. The molecule has 4 aromatic rings. The fraction of sp³-hybridized carbons (Fsp3) is 0.273. The average molecular weight is 465 g/mol. The van der Waals surface area contributed by atoms with Crippen molar-refractivity contribution in [3.63, 3.8) is 0 Å². The SMILES string of the molecule is CCCCCNc1csc(-c2cncc(-c3ccc(C(=O)Nc4nn[nH]n4)c(OC)c3)n2)c1. The van der Waals surface area contributed by atoms with E-state index in [0.29, 0.717) is 17.0 Å². The number of carbonyl (C=O) groups excluding carboxylic acids is 1. The molecule has 0 unspecified atom stereocenters. The van der Waals surface area contributed by atoms with E-state index in [2.05, 4.69) is 54.6 Å². The number of rotatable bonds is 10. The zero-order chi connectivity index (χ0) is 23.0. The third kappa shape index (κ3) is 5.50. The number of benzene rings is 1. The van der Waals surface area contributed by atoms with Gasteiger partial charge in [-0.05, 0) is 29.8 Å². The van der Waals surface area contributed by atoms with Crippen LogP contribution in [-0.2, 0) is 0 Å². The van der Waals surface area contributed by atoms with Gasteiger partial charge in [-0.25, -0.2) is 4.98 Å². The molecule has 3 N–H and O–H groups in total. The Labute approximate surface area is 194 Å². The summed E-state index contributed by atoms with van der Waals surface area (Å²) >= 11 is 1.62. The van der Waals surface area contributed by atoms with Crippen LogP contribution in [-0.4, -0.2) is 50.2 Å². The van der Waals surface area contributed by atoms with Gasteiger partial charge in [0.05, 0.1) is 41.3 Å². The summed E-state index contributed by atoms with van der Waals surface area (Å²) in [5.41, 5.74) is 3.69. The van der Waals surface area contributed by atoms with Gasteiger partial charge in [0.1, 0.15) is 5.75 Å². The largest absolute Gasteiger partial charge is 0.496 e. The van der Waals surface area contributed by atoms with Gasteiger partial charge in [0.2, 0.25) is 0 Å². The summed E-state index contributed by atoms with van der Waals surface area (Å²) in [4.78, 5) is 22.7. The van der Waals surface area contributed by atoms with Crippen molar-refractivity contribution in [2.75, 3.05) is 24.3 Å². The average Bonchev–Trinajstić information content (AvgIpc) is 3.54. The van der Waals surface area contributed by atoms with Gasteiger partial charge in [0, 0.05) is 23.2 Å². The Balaban J connectivity index is 1.52. The lowest BCUT2D eigenvalue weighted by atomic mass is 10.1. The summed E-state index contributed by atoms with van der Waals surface area (Å²) in [6.45, 7) is 3.16. The summed E-state index contributed by atoms with van der Waals surface area (Å²) in [6.07, 6.45) is 7.02. The maximum Gasteiger partial charge on any atom is 0.270 e. The van der Waals surface area contributed by atoms with Gasteiger partial charge in [0.25, 0.3) is 11.9 Å². The Morgan fingerprint density at radius 3 is 2.85 bits per heavy atom. The molecule has 170 valence electrons. The van der Waals surface area contributed by atoms with E-state index in [0.717, 1.165) is 34.8 Å². The molecule has 1 amide bonds. The number of hydrogen-bond donors (Lipinski definition) is 3. The molecular formula is C22H24N8O2S. The molecule has 4 rings (SSSR count). The van der Waals surface area contributed by atoms with Crippen LogP contribution < -0.4 is 15.4 Å². The second-order valence-electron chi connectivity index (χ2n) is 7.23. The van der Waals surface area contributed by atoms with Crippen LogP contribution in [0.1, 0.15) is 36.5 Å². The predicted molar refractivity (Wildman–Crippen MR) is 127 cm³/mol. The number of amides is 1. The number of nitrogens with one attached hydrogen (secondary N) is 3. The standard InChI is InChI=1S/C22H24N8O2S/c1-3-4-5-8-24-15-10-20(33-13-15)18-12-23-11-17(25-18)14-6-7-16(19(9-14)32-2)21(31)26-22-27-29-30-28-22/h6-7,9-13,24H,3-5,8H2,1-2H3,(H2,26,27,28,29,30,31). The van der Waals surface area contributed by atoms with E-state index in [-0.39, 0.29) is 5.95 Å². The van der Waals surface area contributed by atoms with Gasteiger partial charge in [-0.1, -0.05) is 30.9 Å². The van der Waals surface area contributed by atoms with Crippen molar-refractivity contribution in [2.45, 2.75) is 26.2 Å². The van der Waals surface area contributed by atoms with Crippen molar-refractivity contribution in [1.29, 1.82) is 0 Å². The van der Waals surface area contributed by atoms with E-state index >= 15 is 0 Å². The lowest BCUT2D eigenvalue weighted by Crippen LogP contribution is -2.14. The minimum absolute atomic E-state index is 0.0832. The van der Waals surface area contributed by atoms with Crippen molar-refractivity contribution in [3.8, 4) is 27.6 Å². The molecule has 3 aromatic heterocycles. The van der Waals surface area contributed by atoms with E-state index in [1.54, 1.807) is 41.9 Å². The van der Waals surface area contributed by atoms with Crippen LogP contribution in [0.4, 0.5) is 11.6 Å². The van der Waals surface area contributed by atoms with Crippen LogP contribution in [0.3, 0.4) is 0 Å². The van der Waals surface area contributed by atoms with Gasteiger partial charge in [-0.2, -0.15) is 5.21 Å². The molecule has 0 bridgehead atoms. The van der Waals surface area contributed by atoms with Crippen LogP contribution in [0.25, 0.3) is 21.8 Å². The summed E-state index contributed by atoms with van der Waals surface area (Å²) in [7, 11) is 1.51. The van der Waals surface area contributed by atoms with Crippen molar-refractivity contribution in [2.24, 2.45) is 0 Å². The molecule has 11 heteroatoms. The topological polar surface area (TPSA) is 131 Å². The van der Waals surface area contributed by atoms with Crippen LogP contribution in [0.2, 0.25) is 0 Å². The molecule has 1 aromatic carbocycles. The van der Waals surface area contributed by atoms with E-state index in [1.165, 1.54) is 20.0 Å². The Morgan fingerprint density at radius 2 is 2.06 bits per heavy atom. The van der Waals surface area contributed by atoms with Gasteiger partial charge >= 0.3 is 0 Å².